The second kappa shape index (κ2) is 18.5. The van der Waals surface area contributed by atoms with Gasteiger partial charge in [-0.1, -0.05) is 30.6 Å². The zero-order valence-corrected chi connectivity index (χ0v) is 31.4. The Morgan fingerprint density at radius 1 is 0.865 bits per heavy atom. The number of ether oxygens (including phenoxy) is 2. The van der Waals surface area contributed by atoms with E-state index in [4.69, 9.17) is 38.8 Å². The lowest BCUT2D eigenvalue weighted by Crippen LogP contribution is -2.35. The number of nitrogens with zero attached hydrogens (tertiary/aromatic N) is 4. The number of nitrogen functional groups attached to an aromatic ring is 1. The number of carbonyl (C=O) groups excluding carboxylic acids is 1. The molecule has 0 unspecified atom stereocenters. The molecule has 4 aromatic rings. The van der Waals surface area contributed by atoms with Crippen molar-refractivity contribution in [3.63, 3.8) is 0 Å². The molecule has 0 aliphatic heterocycles. The van der Waals surface area contributed by atoms with Crippen molar-refractivity contribution in [2.24, 2.45) is 5.14 Å². The molecule has 0 bridgehead atoms. The largest absolute Gasteiger partial charge is 0.495 e. The van der Waals surface area contributed by atoms with Gasteiger partial charge in [0.1, 0.15) is 11.5 Å². The second-order valence-electron chi connectivity index (χ2n) is 10.9. The number of aryl methyl sites for hydroxylation is 1. The fraction of sp³-hybridized carbons (Fsp3) is 0.367. The van der Waals surface area contributed by atoms with Gasteiger partial charge in [-0.25, -0.2) is 23.1 Å². The van der Waals surface area contributed by atoms with E-state index in [9.17, 15) is 34.8 Å². The van der Waals surface area contributed by atoms with Crippen LogP contribution >= 0.6 is 23.2 Å². The highest BCUT2D eigenvalue weighted by Crippen LogP contribution is 2.40. The van der Waals surface area contributed by atoms with E-state index >= 15 is 0 Å². The maximum Gasteiger partial charge on any atom is 0.418 e. The Labute approximate surface area is 310 Å². The van der Waals surface area contributed by atoms with Gasteiger partial charge in [0.25, 0.3) is 20.0 Å². The molecule has 6 N–H and O–H groups in total. The molecule has 2 amide bonds. The quantitative estimate of drug-likeness (QED) is 0.139. The number of rotatable bonds is 8. The first-order valence-corrected chi connectivity index (χ1v) is 18.2. The Balaban J connectivity index is 0.000000424. The number of nitrogens with two attached hydrogens (primary N) is 2. The molecule has 15 nitrogen and oxygen atoms in total. The third kappa shape index (κ3) is 12.8. The number of urea groups is 1. The molecule has 0 spiro atoms. The number of sulfonamides is 2. The highest BCUT2D eigenvalue weighted by molar-refractivity contribution is 7.90. The summed E-state index contributed by atoms with van der Waals surface area (Å²) in [5.41, 5.74) is 4.76. The van der Waals surface area contributed by atoms with Crippen molar-refractivity contribution in [2.75, 3.05) is 25.3 Å². The Morgan fingerprint density at radius 2 is 1.33 bits per heavy atom. The average molecular weight is 818 g/mol. The summed E-state index contributed by atoms with van der Waals surface area (Å²) in [5, 5.41) is 15.1. The van der Waals surface area contributed by atoms with Crippen molar-refractivity contribution in [2.45, 2.75) is 70.4 Å². The van der Waals surface area contributed by atoms with Crippen LogP contribution in [-0.4, -0.2) is 56.6 Å². The number of aromatic nitrogens is 4. The predicted molar refractivity (Wildman–Crippen MR) is 193 cm³/mol. The minimum absolute atomic E-state index is 0. The molecular weight excluding hydrogens is 776 g/mol. The second-order valence-corrected chi connectivity index (χ2v) is 14.9. The van der Waals surface area contributed by atoms with E-state index in [0.717, 1.165) is 6.07 Å². The summed E-state index contributed by atoms with van der Waals surface area (Å²) in [6, 6.07) is 7.05. The molecule has 2 aromatic heterocycles. The normalized spacial score (nSPS) is 11.4. The summed E-state index contributed by atoms with van der Waals surface area (Å²) < 4.78 is 97.9. The highest BCUT2D eigenvalue weighted by atomic mass is 35.5. The Hall–Kier alpha value is -4.24. The maximum atomic E-state index is 12.4. The van der Waals surface area contributed by atoms with Crippen molar-refractivity contribution < 1.29 is 44.3 Å². The van der Waals surface area contributed by atoms with Gasteiger partial charge in [-0.3, -0.25) is 9.36 Å². The van der Waals surface area contributed by atoms with Gasteiger partial charge < -0.3 is 20.5 Å². The number of hydrogen-bond acceptors (Lipinski definition) is 10. The highest BCUT2D eigenvalue weighted by Gasteiger charge is 2.34. The summed E-state index contributed by atoms with van der Waals surface area (Å²) in [4.78, 5) is 12.1. The average Bonchev–Trinajstić information content (AvgIpc) is 3.71. The standard InChI is InChI=1S/C15H19ClN4O4S.C8H7ClF3NO.C6H11N3O2S.CH4/c1-9(2)20-6-5-13(18-20)25(22,23)19-15(21)17-14-10(3)7-11(16)8-12(14)24-4;1-14-6-3-4(9)2-5(7(6)13)8(10,11)12;1-5(2)9-4-3-6(8-9)12(7,10)11;/h5-9H,1-4H3,(H2,17,19,21);2-3H,13H2,1H3;3-5H,1-2H3,(H2,7,10,11);1H4. The van der Waals surface area contributed by atoms with E-state index in [0.29, 0.717) is 22.0 Å². The molecule has 2 heterocycles. The van der Waals surface area contributed by atoms with Crippen molar-refractivity contribution in [1.29, 1.82) is 0 Å². The van der Waals surface area contributed by atoms with Gasteiger partial charge >= 0.3 is 12.2 Å². The molecule has 0 fully saturated rings. The number of alkyl halides is 3. The van der Waals surface area contributed by atoms with Crippen molar-refractivity contribution in [1.82, 2.24) is 24.3 Å². The van der Waals surface area contributed by atoms with Crippen molar-refractivity contribution >= 4 is 60.7 Å². The summed E-state index contributed by atoms with van der Waals surface area (Å²) in [6.45, 7) is 9.24. The molecule has 52 heavy (non-hydrogen) atoms. The molecule has 0 aliphatic carbocycles. The van der Waals surface area contributed by atoms with Crippen LogP contribution in [0.4, 0.5) is 29.3 Å². The Bertz CT molecular complexity index is 2060. The van der Waals surface area contributed by atoms with E-state index in [-0.39, 0.29) is 40.3 Å². The Morgan fingerprint density at radius 3 is 1.75 bits per heavy atom. The van der Waals surface area contributed by atoms with Crippen LogP contribution in [0.1, 0.15) is 58.3 Å². The predicted octanol–water partition coefficient (Wildman–Crippen LogP) is 6.64. The van der Waals surface area contributed by atoms with Crippen molar-refractivity contribution in [3.05, 3.63) is 70.0 Å². The summed E-state index contributed by atoms with van der Waals surface area (Å²) in [5.74, 6) is 0.242. The lowest BCUT2D eigenvalue weighted by molar-refractivity contribution is -0.137. The van der Waals surface area contributed by atoms with E-state index in [1.54, 1.807) is 23.9 Å². The fourth-order valence-electron chi connectivity index (χ4n) is 3.85. The smallest absolute Gasteiger partial charge is 0.418 e. The number of anilines is 2. The molecule has 0 saturated heterocycles. The fourth-order valence-corrected chi connectivity index (χ4v) is 5.63. The van der Waals surface area contributed by atoms with Gasteiger partial charge in [-0.2, -0.15) is 31.8 Å². The SMILES string of the molecule is C.CC(C)n1ccc(S(N)(=O)=O)n1.COc1cc(Cl)cc(C(F)(F)F)c1N.COc1cc(Cl)cc(C)c1NC(=O)NS(=O)(=O)c1ccn(C(C)C)n1. The zero-order valence-electron chi connectivity index (χ0n) is 28.3. The first kappa shape index (κ1) is 45.8. The minimum Gasteiger partial charge on any atom is -0.495 e. The maximum absolute atomic E-state index is 12.4. The van der Waals surface area contributed by atoms with Crippen LogP contribution in [-0.2, 0) is 26.2 Å². The number of hydrogen-bond donors (Lipinski definition) is 4. The number of amides is 2. The molecule has 2 aromatic carbocycles. The van der Waals surface area contributed by atoms with Crippen LogP contribution in [0.15, 0.2) is 58.8 Å². The number of carbonyl (C=O) groups is 1. The monoisotopic (exact) mass is 816 g/mol. The zero-order chi connectivity index (χ0) is 39.1. The molecule has 22 heteroatoms. The summed E-state index contributed by atoms with van der Waals surface area (Å²) >= 11 is 11.4. The van der Waals surface area contributed by atoms with Crippen molar-refractivity contribution in [3.8, 4) is 11.5 Å². The number of methoxy groups -OCH3 is 2. The van der Waals surface area contributed by atoms with Crippen LogP contribution in [0.2, 0.25) is 10.0 Å². The third-order valence-electron chi connectivity index (χ3n) is 6.37. The molecule has 290 valence electrons. The van der Waals surface area contributed by atoms with Crippen LogP contribution in [0.3, 0.4) is 0 Å². The van der Waals surface area contributed by atoms with Gasteiger partial charge in [0.15, 0.2) is 10.1 Å². The first-order valence-electron chi connectivity index (χ1n) is 14.4. The van der Waals surface area contributed by atoms with Crippen LogP contribution in [0.25, 0.3) is 0 Å². The minimum atomic E-state index is -4.53. The van der Waals surface area contributed by atoms with Crippen LogP contribution in [0, 0.1) is 6.92 Å². The molecule has 4 rings (SSSR count). The van der Waals surface area contributed by atoms with Gasteiger partial charge in [-0.15, -0.1) is 0 Å². The number of primary sulfonamides is 1. The molecular formula is C30H41Cl2F3N8O7S2. The van der Waals surface area contributed by atoms with Crippen LogP contribution in [0.5, 0.6) is 11.5 Å². The Kier molecular flexibility index (Phi) is 16.3. The summed E-state index contributed by atoms with van der Waals surface area (Å²) in [6.07, 6.45) is -1.41. The summed E-state index contributed by atoms with van der Waals surface area (Å²) in [7, 11) is -5.10. The van der Waals surface area contributed by atoms with Gasteiger partial charge in [-0.05, 0) is 64.4 Å². The topological polar surface area (TPSA) is 216 Å². The van der Waals surface area contributed by atoms with Gasteiger partial charge in [0, 0.05) is 46.7 Å². The molecule has 0 saturated carbocycles. The molecule has 0 radical (unpaired) electrons. The number of nitrogens with one attached hydrogen (secondary N) is 2. The lowest BCUT2D eigenvalue weighted by atomic mass is 10.1. The first-order chi connectivity index (χ1) is 23.4. The molecule has 0 atom stereocenters. The molecule has 0 aliphatic rings. The third-order valence-corrected chi connectivity index (χ3v) is 8.83. The van der Waals surface area contributed by atoms with Crippen LogP contribution < -0.4 is 30.4 Å². The van der Waals surface area contributed by atoms with E-state index in [1.807, 2.05) is 32.4 Å². The number of halogens is 5. The van der Waals surface area contributed by atoms with E-state index in [2.05, 4.69) is 20.3 Å². The van der Waals surface area contributed by atoms with E-state index < -0.39 is 43.5 Å². The van der Waals surface area contributed by atoms with Gasteiger partial charge in [0.2, 0.25) is 0 Å². The van der Waals surface area contributed by atoms with E-state index in [1.165, 1.54) is 49.4 Å². The number of benzene rings is 2. The van der Waals surface area contributed by atoms with Gasteiger partial charge in [0.05, 0.1) is 31.2 Å². The lowest BCUT2D eigenvalue weighted by Gasteiger charge is -2.14.